The highest BCUT2D eigenvalue weighted by atomic mass is 16.5. The van der Waals surface area contributed by atoms with Crippen LogP contribution in [0.15, 0.2) is 72.8 Å². The van der Waals surface area contributed by atoms with E-state index in [0.717, 1.165) is 11.3 Å². The molecule has 27 heavy (non-hydrogen) atoms. The number of phenolic OH excluding ortho intramolecular Hbond substituents is 1. The first kappa shape index (κ1) is 17.0. The van der Waals surface area contributed by atoms with Gasteiger partial charge in [0, 0.05) is 17.8 Å². The molecule has 4 rings (SSSR count). The summed E-state index contributed by atoms with van der Waals surface area (Å²) in [6, 6.07) is 22.5. The topological polar surface area (TPSA) is 61.8 Å². The number of phenols is 1. The number of rotatable bonds is 4. The standard InChI is InChI=1S/C22H20N2O3/c1-27-19-13-7-11-17(20(19)25)21-23-18-12-6-5-10-16(18)22(26)24(21)14-15-8-3-2-4-9-15/h2-13,21,23,25H,14H2,1H3/t21-/m0/s1. The molecule has 0 unspecified atom stereocenters. The second-order valence-corrected chi connectivity index (χ2v) is 6.41. The van der Waals surface area contributed by atoms with Crippen molar-refractivity contribution in [3.8, 4) is 11.5 Å². The number of ether oxygens (including phenoxy) is 1. The van der Waals surface area contributed by atoms with Gasteiger partial charge in [0.2, 0.25) is 0 Å². The number of amides is 1. The summed E-state index contributed by atoms with van der Waals surface area (Å²) in [4.78, 5) is 15.0. The summed E-state index contributed by atoms with van der Waals surface area (Å²) >= 11 is 0. The third-order valence-electron chi connectivity index (χ3n) is 4.76. The number of nitrogens with zero attached hydrogens (tertiary/aromatic N) is 1. The van der Waals surface area contributed by atoms with Gasteiger partial charge in [0.1, 0.15) is 6.17 Å². The van der Waals surface area contributed by atoms with E-state index in [1.807, 2.05) is 54.6 Å². The molecule has 0 fully saturated rings. The number of methoxy groups -OCH3 is 1. The Balaban J connectivity index is 1.80. The predicted molar refractivity (Wildman–Crippen MR) is 104 cm³/mol. The van der Waals surface area contributed by atoms with Crippen LogP contribution in [0.25, 0.3) is 0 Å². The van der Waals surface area contributed by atoms with Gasteiger partial charge in [-0.2, -0.15) is 0 Å². The molecule has 1 heterocycles. The Kier molecular flexibility index (Phi) is 4.42. The number of fused-ring (bicyclic) bond motifs is 1. The highest BCUT2D eigenvalue weighted by Gasteiger charge is 2.34. The van der Waals surface area contributed by atoms with Crippen LogP contribution in [-0.2, 0) is 6.54 Å². The zero-order chi connectivity index (χ0) is 18.8. The molecular formula is C22H20N2O3. The molecule has 0 saturated carbocycles. The highest BCUT2D eigenvalue weighted by molar-refractivity contribution is 6.01. The number of carbonyl (C=O) groups is 1. The van der Waals surface area contributed by atoms with Gasteiger partial charge in [0.25, 0.3) is 5.91 Å². The molecule has 5 nitrogen and oxygen atoms in total. The van der Waals surface area contributed by atoms with Crippen LogP contribution in [0.5, 0.6) is 11.5 Å². The Labute approximate surface area is 157 Å². The van der Waals surface area contributed by atoms with Gasteiger partial charge in [-0.1, -0.05) is 54.6 Å². The second-order valence-electron chi connectivity index (χ2n) is 6.41. The molecule has 1 aliphatic heterocycles. The number of anilines is 1. The Morgan fingerprint density at radius 2 is 1.74 bits per heavy atom. The zero-order valence-corrected chi connectivity index (χ0v) is 14.9. The molecule has 1 amide bonds. The number of benzene rings is 3. The van der Waals surface area contributed by atoms with Crippen LogP contribution in [0, 0.1) is 0 Å². The molecule has 0 aromatic heterocycles. The first-order chi connectivity index (χ1) is 13.2. The predicted octanol–water partition coefficient (Wildman–Crippen LogP) is 4.17. The van der Waals surface area contributed by atoms with E-state index in [-0.39, 0.29) is 11.7 Å². The van der Waals surface area contributed by atoms with E-state index in [0.29, 0.717) is 23.4 Å². The molecule has 1 atom stereocenters. The first-order valence-electron chi connectivity index (χ1n) is 8.75. The number of aromatic hydroxyl groups is 1. The molecule has 1 aliphatic rings. The van der Waals surface area contributed by atoms with Crippen LogP contribution < -0.4 is 10.1 Å². The van der Waals surface area contributed by atoms with Crippen molar-refractivity contribution in [3.05, 3.63) is 89.5 Å². The van der Waals surface area contributed by atoms with Crippen molar-refractivity contribution in [2.24, 2.45) is 0 Å². The van der Waals surface area contributed by atoms with E-state index < -0.39 is 6.17 Å². The third-order valence-corrected chi connectivity index (χ3v) is 4.76. The molecule has 0 aliphatic carbocycles. The number of carbonyl (C=O) groups excluding carboxylic acids is 1. The molecule has 3 aromatic carbocycles. The van der Waals surface area contributed by atoms with E-state index in [1.165, 1.54) is 7.11 Å². The molecule has 0 radical (unpaired) electrons. The summed E-state index contributed by atoms with van der Waals surface area (Å²) < 4.78 is 5.25. The van der Waals surface area contributed by atoms with Crippen molar-refractivity contribution in [3.63, 3.8) is 0 Å². The van der Waals surface area contributed by atoms with Gasteiger partial charge in [0.15, 0.2) is 11.5 Å². The number of nitrogens with one attached hydrogen (secondary N) is 1. The molecule has 5 heteroatoms. The molecule has 0 bridgehead atoms. The largest absolute Gasteiger partial charge is 0.504 e. The Morgan fingerprint density at radius 3 is 2.52 bits per heavy atom. The van der Waals surface area contributed by atoms with Crippen molar-refractivity contribution in [1.29, 1.82) is 0 Å². The van der Waals surface area contributed by atoms with Crippen LogP contribution in [0.4, 0.5) is 5.69 Å². The van der Waals surface area contributed by atoms with Gasteiger partial charge in [-0.25, -0.2) is 0 Å². The smallest absolute Gasteiger partial charge is 0.258 e. The summed E-state index contributed by atoms with van der Waals surface area (Å²) in [7, 11) is 1.51. The van der Waals surface area contributed by atoms with Crippen LogP contribution in [0.2, 0.25) is 0 Å². The lowest BCUT2D eigenvalue weighted by molar-refractivity contribution is 0.0664. The van der Waals surface area contributed by atoms with E-state index in [9.17, 15) is 9.90 Å². The minimum Gasteiger partial charge on any atom is -0.504 e. The average Bonchev–Trinajstić information content (AvgIpc) is 2.71. The van der Waals surface area contributed by atoms with E-state index in [4.69, 9.17) is 4.74 Å². The van der Waals surface area contributed by atoms with Crippen molar-refractivity contribution in [2.75, 3.05) is 12.4 Å². The van der Waals surface area contributed by atoms with Crippen molar-refractivity contribution >= 4 is 11.6 Å². The summed E-state index contributed by atoms with van der Waals surface area (Å²) in [5.74, 6) is 0.323. The van der Waals surface area contributed by atoms with E-state index in [1.54, 1.807) is 23.1 Å². The van der Waals surface area contributed by atoms with Gasteiger partial charge >= 0.3 is 0 Å². The quantitative estimate of drug-likeness (QED) is 0.733. The summed E-state index contributed by atoms with van der Waals surface area (Å²) in [5.41, 5.74) is 2.97. The van der Waals surface area contributed by atoms with Gasteiger partial charge in [-0.05, 0) is 23.8 Å². The molecule has 2 N–H and O–H groups in total. The summed E-state index contributed by atoms with van der Waals surface area (Å²) in [6.45, 7) is 0.419. The van der Waals surface area contributed by atoms with Crippen LogP contribution in [0.1, 0.15) is 27.7 Å². The average molecular weight is 360 g/mol. The van der Waals surface area contributed by atoms with Gasteiger partial charge in [0.05, 0.1) is 12.7 Å². The maximum absolute atomic E-state index is 13.2. The summed E-state index contributed by atoms with van der Waals surface area (Å²) in [5, 5.41) is 14.1. The maximum atomic E-state index is 13.2. The monoisotopic (exact) mass is 360 g/mol. The zero-order valence-electron chi connectivity index (χ0n) is 14.9. The molecule has 3 aromatic rings. The molecular weight excluding hydrogens is 340 g/mol. The third kappa shape index (κ3) is 3.08. The molecule has 0 saturated heterocycles. The first-order valence-corrected chi connectivity index (χ1v) is 8.75. The van der Waals surface area contributed by atoms with Crippen LogP contribution in [-0.4, -0.2) is 23.0 Å². The molecule has 136 valence electrons. The van der Waals surface area contributed by atoms with E-state index >= 15 is 0 Å². The SMILES string of the molecule is COc1cccc([C@H]2Nc3ccccc3C(=O)N2Cc2ccccc2)c1O. The lowest BCUT2D eigenvalue weighted by atomic mass is 10.0. The normalized spacial score (nSPS) is 15.8. The second kappa shape index (κ2) is 7.03. The van der Waals surface area contributed by atoms with Crippen molar-refractivity contribution in [1.82, 2.24) is 4.90 Å². The Bertz CT molecular complexity index is 972. The highest BCUT2D eigenvalue weighted by Crippen LogP contribution is 2.40. The van der Waals surface area contributed by atoms with Gasteiger partial charge in [-0.15, -0.1) is 0 Å². The maximum Gasteiger partial charge on any atom is 0.258 e. The lowest BCUT2D eigenvalue weighted by Gasteiger charge is -2.38. The van der Waals surface area contributed by atoms with Crippen molar-refractivity contribution < 1.29 is 14.6 Å². The van der Waals surface area contributed by atoms with Crippen LogP contribution in [0.3, 0.4) is 0 Å². The fourth-order valence-electron chi connectivity index (χ4n) is 3.41. The Hall–Kier alpha value is -3.47. The fraction of sp³-hybridized carbons (Fsp3) is 0.136. The van der Waals surface area contributed by atoms with Gasteiger partial charge < -0.3 is 20.1 Å². The fourth-order valence-corrected chi connectivity index (χ4v) is 3.41. The minimum absolute atomic E-state index is 0.0303. The van der Waals surface area contributed by atoms with Gasteiger partial charge in [-0.3, -0.25) is 4.79 Å². The minimum atomic E-state index is -0.511. The molecule has 0 spiro atoms. The van der Waals surface area contributed by atoms with Crippen LogP contribution >= 0.6 is 0 Å². The number of hydrogen-bond donors (Lipinski definition) is 2. The van der Waals surface area contributed by atoms with Crippen molar-refractivity contribution in [2.45, 2.75) is 12.7 Å². The Morgan fingerprint density at radius 1 is 1.00 bits per heavy atom. The summed E-state index contributed by atoms with van der Waals surface area (Å²) in [6.07, 6.45) is -0.511. The lowest BCUT2D eigenvalue weighted by Crippen LogP contribution is -2.42. The van der Waals surface area contributed by atoms with E-state index in [2.05, 4.69) is 5.32 Å². The number of hydrogen-bond acceptors (Lipinski definition) is 4. The number of para-hydroxylation sites is 2.